The summed E-state index contributed by atoms with van der Waals surface area (Å²) in [6.45, 7) is 4.24. The van der Waals surface area contributed by atoms with Gasteiger partial charge in [0.25, 0.3) is 0 Å². The highest BCUT2D eigenvalue weighted by Gasteiger charge is 2.19. The molecule has 2 rings (SSSR count). The van der Waals surface area contributed by atoms with Gasteiger partial charge in [-0.3, -0.25) is 4.68 Å². The van der Waals surface area contributed by atoms with Gasteiger partial charge in [0.05, 0.1) is 12.3 Å². The van der Waals surface area contributed by atoms with Gasteiger partial charge < -0.3 is 10.1 Å². The van der Waals surface area contributed by atoms with Crippen molar-refractivity contribution in [1.82, 2.24) is 15.1 Å². The lowest BCUT2D eigenvalue weighted by Crippen LogP contribution is -2.36. The summed E-state index contributed by atoms with van der Waals surface area (Å²) in [7, 11) is 1.97. The third-order valence-corrected chi connectivity index (χ3v) is 3.74. The Morgan fingerprint density at radius 2 is 2.42 bits per heavy atom. The molecular formula is C15H27N3O. The van der Waals surface area contributed by atoms with Crippen LogP contribution in [0.4, 0.5) is 0 Å². The van der Waals surface area contributed by atoms with Gasteiger partial charge >= 0.3 is 0 Å². The van der Waals surface area contributed by atoms with Crippen LogP contribution in [0.5, 0.6) is 0 Å². The molecule has 1 aliphatic heterocycles. The highest BCUT2D eigenvalue weighted by molar-refractivity contribution is 5.06. The zero-order valence-corrected chi connectivity index (χ0v) is 12.3. The van der Waals surface area contributed by atoms with E-state index in [1.807, 2.05) is 17.9 Å². The molecular weight excluding hydrogens is 238 g/mol. The molecule has 0 bridgehead atoms. The second-order valence-corrected chi connectivity index (χ2v) is 5.60. The third-order valence-electron chi connectivity index (χ3n) is 3.74. The summed E-state index contributed by atoms with van der Waals surface area (Å²) in [4.78, 5) is 0. The van der Waals surface area contributed by atoms with Crippen LogP contribution < -0.4 is 5.32 Å². The van der Waals surface area contributed by atoms with Crippen LogP contribution in [0.1, 0.15) is 44.6 Å². The monoisotopic (exact) mass is 265 g/mol. The lowest BCUT2D eigenvalue weighted by Gasteiger charge is -2.27. The molecule has 0 saturated carbocycles. The standard InChI is InChI=1S/C15H27N3O/c1-3-7-16-14(9-13-11-17-18(2)12-13)10-15-6-4-5-8-19-15/h11-12,14-16H,3-10H2,1-2H3. The minimum absolute atomic E-state index is 0.444. The predicted molar refractivity (Wildman–Crippen MR) is 77.2 cm³/mol. The number of aryl methyl sites for hydroxylation is 1. The van der Waals surface area contributed by atoms with Gasteiger partial charge in [-0.05, 0) is 50.6 Å². The van der Waals surface area contributed by atoms with Crippen LogP contribution in [-0.4, -0.2) is 35.1 Å². The van der Waals surface area contributed by atoms with Crippen molar-refractivity contribution in [2.45, 2.75) is 57.6 Å². The molecule has 0 radical (unpaired) electrons. The van der Waals surface area contributed by atoms with Crippen molar-refractivity contribution in [1.29, 1.82) is 0 Å². The first-order chi connectivity index (χ1) is 9.28. The van der Waals surface area contributed by atoms with Gasteiger partial charge in [-0.2, -0.15) is 5.10 Å². The molecule has 4 heteroatoms. The summed E-state index contributed by atoms with van der Waals surface area (Å²) in [6.07, 6.45) is 11.6. The maximum absolute atomic E-state index is 5.87. The average Bonchev–Trinajstić information content (AvgIpc) is 2.82. The highest BCUT2D eigenvalue weighted by atomic mass is 16.5. The topological polar surface area (TPSA) is 39.1 Å². The van der Waals surface area contributed by atoms with Gasteiger partial charge in [-0.1, -0.05) is 6.92 Å². The molecule has 1 fully saturated rings. The molecule has 0 amide bonds. The number of aromatic nitrogens is 2. The van der Waals surface area contributed by atoms with Crippen LogP contribution in [0.2, 0.25) is 0 Å². The van der Waals surface area contributed by atoms with E-state index >= 15 is 0 Å². The first-order valence-corrected chi connectivity index (χ1v) is 7.60. The summed E-state index contributed by atoms with van der Waals surface area (Å²) < 4.78 is 7.75. The fourth-order valence-electron chi connectivity index (χ4n) is 2.76. The number of nitrogens with zero attached hydrogens (tertiary/aromatic N) is 2. The van der Waals surface area contributed by atoms with E-state index in [9.17, 15) is 0 Å². The van der Waals surface area contributed by atoms with Gasteiger partial charge in [0.2, 0.25) is 0 Å². The summed E-state index contributed by atoms with van der Waals surface area (Å²) >= 11 is 0. The summed E-state index contributed by atoms with van der Waals surface area (Å²) in [6, 6.07) is 0.507. The molecule has 2 atom stereocenters. The number of hydrogen-bond donors (Lipinski definition) is 1. The molecule has 0 aliphatic carbocycles. The molecule has 2 heterocycles. The van der Waals surface area contributed by atoms with E-state index in [0.717, 1.165) is 26.0 Å². The lowest BCUT2D eigenvalue weighted by molar-refractivity contribution is 0.00526. The Hall–Kier alpha value is -0.870. The van der Waals surface area contributed by atoms with Crippen molar-refractivity contribution in [3.63, 3.8) is 0 Å². The Morgan fingerprint density at radius 3 is 3.05 bits per heavy atom. The normalized spacial score (nSPS) is 21.5. The summed E-state index contributed by atoms with van der Waals surface area (Å²) in [5.41, 5.74) is 1.31. The quantitative estimate of drug-likeness (QED) is 0.822. The minimum atomic E-state index is 0.444. The highest BCUT2D eigenvalue weighted by Crippen LogP contribution is 2.18. The fourth-order valence-corrected chi connectivity index (χ4v) is 2.76. The van der Waals surface area contributed by atoms with Gasteiger partial charge in [-0.25, -0.2) is 0 Å². The third kappa shape index (κ3) is 4.96. The van der Waals surface area contributed by atoms with Gasteiger partial charge in [0, 0.05) is 25.9 Å². The Kier molecular flexibility index (Phi) is 5.86. The zero-order chi connectivity index (χ0) is 13.5. The van der Waals surface area contributed by atoms with E-state index in [-0.39, 0.29) is 0 Å². The van der Waals surface area contributed by atoms with E-state index in [1.54, 1.807) is 0 Å². The van der Waals surface area contributed by atoms with Gasteiger partial charge in [0.1, 0.15) is 0 Å². The summed E-state index contributed by atoms with van der Waals surface area (Å²) in [5.74, 6) is 0. The molecule has 4 nitrogen and oxygen atoms in total. The molecule has 0 aromatic carbocycles. The Labute approximate surface area is 116 Å². The zero-order valence-electron chi connectivity index (χ0n) is 12.3. The van der Waals surface area contributed by atoms with Crippen molar-refractivity contribution in [3.8, 4) is 0 Å². The number of nitrogens with one attached hydrogen (secondary N) is 1. The summed E-state index contributed by atoms with van der Waals surface area (Å²) in [5, 5.41) is 7.91. The van der Waals surface area contributed by atoms with Crippen molar-refractivity contribution in [3.05, 3.63) is 18.0 Å². The van der Waals surface area contributed by atoms with E-state index < -0.39 is 0 Å². The van der Waals surface area contributed by atoms with Gasteiger partial charge in [-0.15, -0.1) is 0 Å². The van der Waals surface area contributed by atoms with Crippen LogP contribution in [0, 0.1) is 0 Å². The van der Waals surface area contributed by atoms with Crippen LogP contribution in [-0.2, 0) is 18.2 Å². The maximum Gasteiger partial charge on any atom is 0.0590 e. The molecule has 2 unspecified atom stereocenters. The Morgan fingerprint density at radius 1 is 1.53 bits per heavy atom. The van der Waals surface area contributed by atoms with Crippen molar-refractivity contribution in [2.24, 2.45) is 7.05 Å². The van der Waals surface area contributed by atoms with E-state index in [0.29, 0.717) is 12.1 Å². The van der Waals surface area contributed by atoms with Crippen molar-refractivity contribution >= 4 is 0 Å². The van der Waals surface area contributed by atoms with Crippen LogP contribution >= 0.6 is 0 Å². The van der Waals surface area contributed by atoms with Gasteiger partial charge in [0.15, 0.2) is 0 Å². The lowest BCUT2D eigenvalue weighted by atomic mass is 9.98. The average molecular weight is 265 g/mol. The first-order valence-electron chi connectivity index (χ1n) is 7.60. The Bertz CT molecular complexity index is 358. The first kappa shape index (κ1) is 14.5. The second-order valence-electron chi connectivity index (χ2n) is 5.60. The van der Waals surface area contributed by atoms with Crippen molar-refractivity contribution < 1.29 is 4.74 Å². The molecule has 108 valence electrons. The fraction of sp³-hybridized carbons (Fsp3) is 0.800. The second kappa shape index (κ2) is 7.65. The number of rotatable bonds is 7. The SMILES string of the molecule is CCCNC(Cc1cnn(C)c1)CC1CCCCO1. The minimum Gasteiger partial charge on any atom is -0.378 e. The smallest absolute Gasteiger partial charge is 0.0590 e. The van der Waals surface area contributed by atoms with E-state index in [1.165, 1.54) is 31.2 Å². The molecule has 1 N–H and O–H groups in total. The molecule has 1 saturated heterocycles. The maximum atomic E-state index is 5.87. The van der Waals surface area contributed by atoms with E-state index in [4.69, 9.17) is 4.74 Å². The molecule has 0 spiro atoms. The largest absolute Gasteiger partial charge is 0.378 e. The van der Waals surface area contributed by atoms with Crippen molar-refractivity contribution in [2.75, 3.05) is 13.2 Å². The Balaban J connectivity index is 1.86. The molecule has 1 aromatic rings. The van der Waals surface area contributed by atoms with E-state index in [2.05, 4.69) is 23.5 Å². The number of ether oxygens (including phenoxy) is 1. The van der Waals surface area contributed by atoms with Crippen LogP contribution in [0.15, 0.2) is 12.4 Å². The van der Waals surface area contributed by atoms with Crippen LogP contribution in [0.25, 0.3) is 0 Å². The predicted octanol–water partition coefficient (Wildman–Crippen LogP) is 2.29. The number of hydrogen-bond acceptors (Lipinski definition) is 3. The van der Waals surface area contributed by atoms with Crippen LogP contribution in [0.3, 0.4) is 0 Å². The molecule has 1 aromatic heterocycles. The molecule has 1 aliphatic rings. The molecule has 19 heavy (non-hydrogen) atoms.